The van der Waals surface area contributed by atoms with E-state index in [0.29, 0.717) is 6.42 Å². The number of nitrogens with zero attached hydrogens (tertiary/aromatic N) is 1. The van der Waals surface area contributed by atoms with Crippen LogP contribution in [0, 0.1) is 0 Å². The number of Topliss-reactive ketones (excluding diaryl/α,β-unsaturated/α-hetero) is 1. The molecule has 1 aliphatic heterocycles. The molecule has 0 radical (unpaired) electrons. The number of hydrogen-bond donors (Lipinski definition) is 0. The molecule has 3 rings (SSSR count). The molecule has 1 aliphatic rings. The first-order chi connectivity index (χ1) is 12.7. The van der Waals surface area contributed by atoms with Gasteiger partial charge in [0.25, 0.3) is 0 Å². The normalized spacial score (nSPS) is 16.0. The third kappa shape index (κ3) is 4.91. The molecule has 1 saturated heterocycles. The van der Waals surface area contributed by atoms with Crippen LogP contribution in [0.4, 0.5) is 5.69 Å². The molecule has 0 saturated carbocycles. The van der Waals surface area contributed by atoms with Gasteiger partial charge >= 0.3 is 0 Å². The Balaban J connectivity index is 1.51. The zero-order valence-electron chi connectivity index (χ0n) is 17.2. The van der Waals surface area contributed by atoms with E-state index < -0.39 is 0 Å². The molecular formula is C24H31NO2. The first-order valence-electron chi connectivity index (χ1n) is 9.84. The Morgan fingerprint density at radius 3 is 2.19 bits per heavy atom. The molecule has 3 nitrogen and oxygen atoms in total. The minimum atomic E-state index is 0.188. The van der Waals surface area contributed by atoms with Crippen LogP contribution in [0.1, 0.15) is 58.1 Å². The van der Waals surface area contributed by atoms with E-state index in [1.54, 1.807) is 6.92 Å². The van der Waals surface area contributed by atoms with E-state index in [1.807, 2.05) is 12.1 Å². The second kappa shape index (κ2) is 7.75. The van der Waals surface area contributed by atoms with Crippen molar-refractivity contribution in [1.82, 2.24) is 0 Å². The molecule has 1 unspecified atom stereocenters. The first-order valence-corrected chi connectivity index (χ1v) is 9.84. The van der Waals surface area contributed by atoms with Crippen molar-refractivity contribution in [2.24, 2.45) is 0 Å². The Kier molecular flexibility index (Phi) is 5.59. The minimum absolute atomic E-state index is 0.188. The average Bonchev–Trinajstić information content (AvgIpc) is 2.57. The van der Waals surface area contributed by atoms with Gasteiger partial charge in [-0.3, -0.25) is 0 Å². The fraction of sp³-hybridized carbons (Fsp3) is 0.458. The third-order valence-electron chi connectivity index (χ3n) is 5.29. The number of carbonyl (C=O) groups excluding carboxylic acids is 1. The van der Waals surface area contributed by atoms with E-state index in [1.165, 1.54) is 16.8 Å². The Bertz CT molecular complexity index is 766. The molecule has 0 spiro atoms. The maximum Gasteiger partial charge on any atom is 0.133 e. The molecule has 0 aromatic heterocycles. The topological polar surface area (TPSA) is 29.5 Å². The number of carbonyl (C=O) groups is 1. The molecule has 0 bridgehead atoms. The van der Waals surface area contributed by atoms with Gasteiger partial charge in [0.15, 0.2) is 0 Å². The lowest BCUT2D eigenvalue weighted by molar-refractivity contribution is -0.117. The summed E-state index contributed by atoms with van der Waals surface area (Å²) < 4.78 is 6.09. The van der Waals surface area contributed by atoms with Crippen LogP contribution in [-0.2, 0) is 10.2 Å². The van der Waals surface area contributed by atoms with Crippen molar-refractivity contribution in [3.8, 4) is 5.75 Å². The highest BCUT2D eigenvalue weighted by Gasteiger charge is 2.29. The summed E-state index contributed by atoms with van der Waals surface area (Å²) in [6.07, 6.45) is 0.819. The van der Waals surface area contributed by atoms with Gasteiger partial charge in [-0.05, 0) is 53.6 Å². The molecule has 0 amide bonds. The number of ketones is 1. The van der Waals surface area contributed by atoms with Crippen LogP contribution in [0.5, 0.6) is 5.75 Å². The highest BCUT2D eigenvalue weighted by molar-refractivity contribution is 5.76. The predicted octanol–water partition coefficient (Wildman–Crippen LogP) is 5.33. The van der Waals surface area contributed by atoms with Crippen molar-refractivity contribution in [2.75, 3.05) is 18.0 Å². The number of benzene rings is 2. The maximum absolute atomic E-state index is 11.3. The van der Waals surface area contributed by atoms with E-state index in [-0.39, 0.29) is 23.2 Å². The van der Waals surface area contributed by atoms with Gasteiger partial charge in [0.1, 0.15) is 17.6 Å². The molecule has 3 heteroatoms. The van der Waals surface area contributed by atoms with Crippen molar-refractivity contribution in [3.05, 3.63) is 59.7 Å². The standard InChI is InChI=1S/C24H31NO2/c1-17(14-18(2)26)19-6-12-22(13-7-19)27-23-15-25(16-23)21-10-8-20(9-11-21)24(3,4)5/h6-13,17,23H,14-16H2,1-5H3. The highest BCUT2D eigenvalue weighted by atomic mass is 16.5. The van der Waals surface area contributed by atoms with Crippen LogP contribution in [0.25, 0.3) is 0 Å². The van der Waals surface area contributed by atoms with Crippen molar-refractivity contribution in [2.45, 2.75) is 58.5 Å². The Labute approximate surface area is 163 Å². The maximum atomic E-state index is 11.3. The molecule has 1 fully saturated rings. The third-order valence-corrected chi connectivity index (χ3v) is 5.29. The van der Waals surface area contributed by atoms with Gasteiger partial charge in [0.05, 0.1) is 13.1 Å². The molecule has 1 atom stereocenters. The van der Waals surface area contributed by atoms with Crippen molar-refractivity contribution in [3.63, 3.8) is 0 Å². The van der Waals surface area contributed by atoms with E-state index in [2.05, 4.69) is 69.0 Å². The molecule has 2 aromatic carbocycles. The van der Waals surface area contributed by atoms with Crippen LogP contribution < -0.4 is 9.64 Å². The Morgan fingerprint density at radius 2 is 1.67 bits per heavy atom. The van der Waals surface area contributed by atoms with E-state index in [4.69, 9.17) is 4.74 Å². The van der Waals surface area contributed by atoms with Crippen LogP contribution in [0.2, 0.25) is 0 Å². The second-order valence-electron chi connectivity index (χ2n) is 8.82. The molecule has 144 valence electrons. The largest absolute Gasteiger partial charge is 0.487 e. The number of hydrogen-bond acceptors (Lipinski definition) is 3. The molecule has 1 heterocycles. The summed E-state index contributed by atoms with van der Waals surface area (Å²) in [6, 6.07) is 17.1. The summed E-state index contributed by atoms with van der Waals surface area (Å²) >= 11 is 0. The van der Waals surface area contributed by atoms with Crippen molar-refractivity contribution in [1.29, 1.82) is 0 Å². The van der Waals surface area contributed by atoms with Gasteiger partial charge in [-0.1, -0.05) is 52.0 Å². The molecular weight excluding hydrogens is 334 g/mol. The van der Waals surface area contributed by atoms with Gasteiger partial charge in [-0.2, -0.15) is 0 Å². The van der Waals surface area contributed by atoms with Gasteiger partial charge in [0.2, 0.25) is 0 Å². The van der Waals surface area contributed by atoms with E-state index >= 15 is 0 Å². The summed E-state index contributed by atoms with van der Waals surface area (Å²) in [6.45, 7) is 12.3. The summed E-state index contributed by atoms with van der Waals surface area (Å²) in [5.41, 5.74) is 3.99. The van der Waals surface area contributed by atoms with Gasteiger partial charge in [0, 0.05) is 12.1 Å². The minimum Gasteiger partial charge on any atom is -0.487 e. The lowest BCUT2D eigenvalue weighted by Gasteiger charge is -2.41. The smallest absolute Gasteiger partial charge is 0.133 e. The second-order valence-corrected chi connectivity index (χ2v) is 8.82. The lowest BCUT2D eigenvalue weighted by Crippen LogP contribution is -2.54. The van der Waals surface area contributed by atoms with Gasteiger partial charge in [-0.25, -0.2) is 0 Å². The molecule has 2 aromatic rings. The summed E-state index contributed by atoms with van der Waals surface area (Å²) in [4.78, 5) is 13.6. The highest BCUT2D eigenvalue weighted by Crippen LogP contribution is 2.29. The zero-order valence-corrected chi connectivity index (χ0v) is 17.2. The quantitative estimate of drug-likeness (QED) is 0.692. The Morgan fingerprint density at radius 1 is 1.07 bits per heavy atom. The SMILES string of the molecule is CC(=O)CC(C)c1ccc(OC2CN(c3ccc(C(C)(C)C)cc3)C2)cc1. The van der Waals surface area contributed by atoms with Gasteiger partial charge in [-0.15, -0.1) is 0 Å². The summed E-state index contributed by atoms with van der Waals surface area (Å²) in [7, 11) is 0. The van der Waals surface area contributed by atoms with E-state index in [9.17, 15) is 4.79 Å². The van der Waals surface area contributed by atoms with Crippen molar-refractivity contribution >= 4 is 11.5 Å². The number of rotatable bonds is 6. The average molecular weight is 366 g/mol. The number of ether oxygens (including phenoxy) is 1. The van der Waals surface area contributed by atoms with Crippen LogP contribution >= 0.6 is 0 Å². The summed E-state index contributed by atoms with van der Waals surface area (Å²) in [5, 5.41) is 0. The van der Waals surface area contributed by atoms with Crippen LogP contribution in [-0.4, -0.2) is 25.0 Å². The summed E-state index contributed by atoms with van der Waals surface area (Å²) in [5.74, 6) is 1.39. The fourth-order valence-corrected chi connectivity index (χ4v) is 3.51. The lowest BCUT2D eigenvalue weighted by atomic mass is 9.87. The fourth-order valence-electron chi connectivity index (χ4n) is 3.51. The first kappa shape index (κ1) is 19.5. The molecule has 0 N–H and O–H groups in total. The van der Waals surface area contributed by atoms with E-state index in [0.717, 1.165) is 18.8 Å². The molecule has 0 aliphatic carbocycles. The zero-order chi connectivity index (χ0) is 19.6. The van der Waals surface area contributed by atoms with Crippen LogP contribution in [0.15, 0.2) is 48.5 Å². The Hall–Kier alpha value is -2.29. The monoisotopic (exact) mass is 365 g/mol. The number of anilines is 1. The van der Waals surface area contributed by atoms with Crippen LogP contribution in [0.3, 0.4) is 0 Å². The molecule has 27 heavy (non-hydrogen) atoms. The predicted molar refractivity (Wildman–Crippen MR) is 112 cm³/mol. The van der Waals surface area contributed by atoms with Crippen molar-refractivity contribution < 1.29 is 9.53 Å². The van der Waals surface area contributed by atoms with Gasteiger partial charge < -0.3 is 14.4 Å².